The second kappa shape index (κ2) is 11.4. The summed E-state index contributed by atoms with van der Waals surface area (Å²) in [7, 11) is -0.791. The first-order valence-corrected chi connectivity index (χ1v) is 19.7. The number of nitrogens with zero attached hydrogens (tertiary/aromatic N) is 2. The van der Waals surface area contributed by atoms with Crippen LogP contribution in [0.2, 0.25) is 0 Å². The van der Waals surface area contributed by atoms with Crippen molar-refractivity contribution in [2.45, 2.75) is 82.7 Å². The van der Waals surface area contributed by atoms with Crippen LogP contribution < -0.4 is 10.9 Å². The highest BCUT2D eigenvalue weighted by atomic mass is 16.7. The molecule has 7 aromatic rings. The number of hydrogen-bond donors (Lipinski definition) is 0. The Morgan fingerprint density at radius 2 is 1.05 bits per heavy atom. The van der Waals surface area contributed by atoms with Crippen LogP contribution in [0.5, 0.6) is 0 Å². The molecule has 4 aliphatic rings. The third-order valence-electron chi connectivity index (χ3n) is 13.5. The Bertz CT molecular complexity index is 2700. The fraction of sp³-hybridized carbons (Fsp3) is 0.277. The Balaban J connectivity index is 1.03. The fourth-order valence-corrected chi connectivity index (χ4v) is 9.34. The maximum Gasteiger partial charge on any atom is 0.494 e. The molecule has 8 heteroatoms. The second-order valence-electron chi connectivity index (χ2n) is 17.5. The summed E-state index contributed by atoms with van der Waals surface area (Å²) in [6.07, 6.45) is 6.56. The van der Waals surface area contributed by atoms with Crippen molar-refractivity contribution in [3.05, 3.63) is 138 Å². The van der Waals surface area contributed by atoms with E-state index in [9.17, 15) is 0 Å². The summed E-state index contributed by atoms with van der Waals surface area (Å²) in [6, 6.07) is 41.8. The lowest BCUT2D eigenvalue weighted by Crippen LogP contribution is -2.41. The number of para-hydroxylation sites is 2. The van der Waals surface area contributed by atoms with Crippen LogP contribution in [-0.2, 0) is 25.0 Å². The minimum absolute atomic E-state index is 0.196. The zero-order chi connectivity index (χ0) is 37.5. The standard InChI is InChI=1S/C47H44B2N2O4/c1-44(2)45(3,4)53-48(52-44)32-19-23-42-38(27-32)36-25-30(17-21-40(36)50(42)34-13-9-7-10-14-34)31-18-22-41-37(26-31)39-28-33(49-54-46(5)29-47(46,6)55-49)20-24-43(39)51(41)35-15-11-8-12-16-35/h7-25,27-28,31H,26,29H2,1-6H3. The molecule has 2 saturated heterocycles. The Hall–Kier alpha value is -4.85. The van der Waals surface area contributed by atoms with Gasteiger partial charge in [0.2, 0.25) is 0 Å². The lowest BCUT2D eigenvalue weighted by Gasteiger charge is -2.32. The summed E-state index contributed by atoms with van der Waals surface area (Å²) in [4.78, 5) is 0. The van der Waals surface area contributed by atoms with E-state index in [1.807, 2.05) is 0 Å². The normalized spacial score (nSPS) is 24.9. The molecule has 2 aromatic heterocycles. The summed E-state index contributed by atoms with van der Waals surface area (Å²) in [5, 5.41) is 3.66. The molecule has 3 fully saturated rings. The molecule has 0 amide bonds. The van der Waals surface area contributed by atoms with Gasteiger partial charge in [0.05, 0.1) is 39.0 Å². The molecule has 55 heavy (non-hydrogen) atoms. The van der Waals surface area contributed by atoms with E-state index in [1.165, 1.54) is 44.0 Å². The van der Waals surface area contributed by atoms with Gasteiger partial charge in [-0.1, -0.05) is 72.8 Å². The number of benzene rings is 5. The van der Waals surface area contributed by atoms with Crippen molar-refractivity contribution in [1.82, 2.24) is 9.13 Å². The van der Waals surface area contributed by atoms with Gasteiger partial charge in [-0.3, -0.25) is 0 Å². The molecule has 2 aliphatic heterocycles. The number of hydrogen-bond acceptors (Lipinski definition) is 4. The molecule has 1 saturated carbocycles. The first-order valence-electron chi connectivity index (χ1n) is 19.7. The number of aromatic nitrogens is 2. The largest absolute Gasteiger partial charge is 0.494 e. The molecule has 3 atom stereocenters. The van der Waals surface area contributed by atoms with E-state index in [1.54, 1.807) is 0 Å². The summed E-state index contributed by atoms with van der Waals surface area (Å²) < 4.78 is 30.8. The third-order valence-corrected chi connectivity index (χ3v) is 13.5. The molecule has 3 unspecified atom stereocenters. The third kappa shape index (κ3) is 4.91. The molecule has 0 spiro atoms. The van der Waals surface area contributed by atoms with Crippen molar-refractivity contribution in [2.75, 3.05) is 0 Å². The second-order valence-corrected chi connectivity index (χ2v) is 17.5. The molecular formula is C47H44B2N2O4. The van der Waals surface area contributed by atoms with E-state index >= 15 is 0 Å². The molecule has 5 aromatic carbocycles. The minimum atomic E-state index is -0.434. The molecular weight excluding hydrogens is 678 g/mol. The monoisotopic (exact) mass is 722 g/mol. The predicted octanol–water partition coefficient (Wildman–Crippen LogP) is 9.04. The summed E-state index contributed by atoms with van der Waals surface area (Å²) in [5.41, 5.74) is 10.6. The number of allylic oxidation sites excluding steroid dienone is 1. The van der Waals surface area contributed by atoms with Crippen molar-refractivity contribution < 1.29 is 18.6 Å². The summed E-state index contributed by atoms with van der Waals surface area (Å²) >= 11 is 0. The van der Waals surface area contributed by atoms with Gasteiger partial charge in [0.1, 0.15) is 0 Å². The molecule has 11 rings (SSSR count). The highest BCUT2D eigenvalue weighted by Gasteiger charge is 2.71. The first kappa shape index (κ1) is 33.5. The Morgan fingerprint density at radius 3 is 1.67 bits per heavy atom. The van der Waals surface area contributed by atoms with Gasteiger partial charge >= 0.3 is 14.2 Å². The Labute approximate surface area is 322 Å². The van der Waals surface area contributed by atoms with Gasteiger partial charge in [0.15, 0.2) is 0 Å². The van der Waals surface area contributed by atoms with Crippen molar-refractivity contribution >= 4 is 63.9 Å². The first-order chi connectivity index (χ1) is 26.4. The zero-order valence-electron chi connectivity index (χ0n) is 32.3. The molecule has 0 bridgehead atoms. The molecule has 0 N–H and O–H groups in total. The SMILES string of the molecule is CC1(C)OB(c2ccc3c(c2)c2cc(C4C=Cc5c(c6cc(B7OC8(C)CC8(C)O7)ccc6n5-c5ccccc5)C4)ccc2n3-c2ccccc2)OC1(C)C. The average Bonchev–Trinajstić information content (AvgIpc) is 3.52. The lowest BCUT2D eigenvalue weighted by atomic mass is 9.77. The van der Waals surface area contributed by atoms with Gasteiger partial charge in [0.25, 0.3) is 0 Å². The van der Waals surface area contributed by atoms with E-state index in [0.717, 1.165) is 40.7 Å². The van der Waals surface area contributed by atoms with Crippen LogP contribution in [0.25, 0.3) is 50.2 Å². The number of rotatable bonds is 5. The van der Waals surface area contributed by atoms with Crippen LogP contribution in [0.1, 0.15) is 70.7 Å². The highest BCUT2D eigenvalue weighted by molar-refractivity contribution is 6.63. The van der Waals surface area contributed by atoms with E-state index in [4.69, 9.17) is 18.6 Å². The Morgan fingerprint density at radius 1 is 0.545 bits per heavy atom. The predicted molar refractivity (Wildman–Crippen MR) is 224 cm³/mol. The maximum atomic E-state index is 6.53. The van der Waals surface area contributed by atoms with Crippen molar-refractivity contribution in [3.8, 4) is 11.4 Å². The molecule has 272 valence electrons. The van der Waals surface area contributed by atoms with Gasteiger partial charge in [-0.15, -0.1) is 0 Å². The number of fused-ring (bicyclic) bond motifs is 7. The van der Waals surface area contributed by atoms with Crippen molar-refractivity contribution in [1.29, 1.82) is 0 Å². The quantitative estimate of drug-likeness (QED) is 0.167. The van der Waals surface area contributed by atoms with Crippen LogP contribution in [0.4, 0.5) is 0 Å². The van der Waals surface area contributed by atoms with Crippen LogP contribution in [0.3, 0.4) is 0 Å². The van der Waals surface area contributed by atoms with Crippen LogP contribution in [0, 0.1) is 0 Å². The molecule has 0 radical (unpaired) electrons. The van der Waals surface area contributed by atoms with Crippen LogP contribution in [-0.4, -0.2) is 45.8 Å². The Kier molecular flexibility index (Phi) is 6.92. The smallest absolute Gasteiger partial charge is 0.399 e. The topological polar surface area (TPSA) is 46.8 Å². The van der Waals surface area contributed by atoms with E-state index in [0.29, 0.717) is 0 Å². The molecule has 2 aliphatic carbocycles. The minimum Gasteiger partial charge on any atom is -0.399 e. The van der Waals surface area contributed by atoms with Gasteiger partial charge in [-0.25, -0.2) is 0 Å². The van der Waals surface area contributed by atoms with Gasteiger partial charge < -0.3 is 27.8 Å². The van der Waals surface area contributed by atoms with Crippen LogP contribution >= 0.6 is 0 Å². The van der Waals surface area contributed by atoms with E-state index in [2.05, 4.69) is 178 Å². The maximum absolute atomic E-state index is 6.53. The summed E-state index contributed by atoms with van der Waals surface area (Å²) in [6.45, 7) is 12.8. The van der Waals surface area contributed by atoms with E-state index in [-0.39, 0.29) is 24.2 Å². The summed E-state index contributed by atoms with van der Waals surface area (Å²) in [5.74, 6) is 0.196. The average molecular weight is 723 g/mol. The van der Waals surface area contributed by atoms with Crippen LogP contribution in [0.15, 0.2) is 121 Å². The highest BCUT2D eigenvalue weighted by Crippen LogP contribution is 2.58. The van der Waals surface area contributed by atoms with Gasteiger partial charge in [-0.2, -0.15) is 0 Å². The molecule has 4 heterocycles. The van der Waals surface area contributed by atoms with Gasteiger partial charge in [0, 0.05) is 45.6 Å². The lowest BCUT2D eigenvalue weighted by molar-refractivity contribution is 0.00578. The fourth-order valence-electron chi connectivity index (χ4n) is 9.34. The van der Waals surface area contributed by atoms with Crippen molar-refractivity contribution in [3.63, 3.8) is 0 Å². The molecule has 6 nitrogen and oxygen atoms in total. The van der Waals surface area contributed by atoms with Gasteiger partial charge in [-0.05, 0) is 125 Å². The zero-order valence-corrected chi connectivity index (χ0v) is 32.3. The van der Waals surface area contributed by atoms with Crippen molar-refractivity contribution in [2.24, 2.45) is 0 Å². The van der Waals surface area contributed by atoms with E-state index < -0.39 is 18.3 Å².